The van der Waals surface area contributed by atoms with E-state index in [0.29, 0.717) is 6.42 Å². The summed E-state index contributed by atoms with van der Waals surface area (Å²) in [6, 6.07) is 7.83. The van der Waals surface area contributed by atoms with Gasteiger partial charge in [-0.05, 0) is 50.2 Å². The highest BCUT2D eigenvalue weighted by Crippen LogP contribution is 2.18. The van der Waals surface area contributed by atoms with Gasteiger partial charge in [-0.1, -0.05) is 0 Å². The van der Waals surface area contributed by atoms with Crippen molar-refractivity contribution >= 4 is 28.6 Å². The highest BCUT2D eigenvalue weighted by Gasteiger charge is 2.14. The second-order valence-electron chi connectivity index (χ2n) is 6.38. The smallest absolute Gasteiger partial charge is 0.230 e. The third-order valence-corrected chi connectivity index (χ3v) is 5.05. The maximum Gasteiger partial charge on any atom is 0.230 e. The zero-order chi connectivity index (χ0) is 16.9. The van der Waals surface area contributed by atoms with Crippen LogP contribution in [0.3, 0.4) is 0 Å². The fourth-order valence-corrected chi connectivity index (χ4v) is 3.68. The molecule has 5 nitrogen and oxygen atoms in total. The molecule has 0 atom stereocenters. The minimum absolute atomic E-state index is 0.0226. The van der Waals surface area contributed by atoms with Crippen molar-refractivity contribution in [3.63, 3.8) is 0 Å². The Morgan fingerprint density at radius 3 is 2.62 bits per heavy atom. The molecule has 24 heavy (non-hydrogen) atoms. The summed E-state index contributed by atoms with van der Waals surface area (Å²) in [6.07, 6.45) is 2.90. The van der Waals surface area contributed by atoms with Crippen molar-refractivity contribution < 1.29 is 4.79 Å². The third-order valence-electron chi connectivity index (χ3n) is 4.17. The van der Waals surface area contributed by atoms with Gasteiger partial charge in [-0.3, -0.25) is 9.69 Å². The van der Waals surface area contributed by atoms with Crippen LogP contribution in [0.2, 0.25) is 0 Å². The number of nitrogens with one attached hydrogen (secondary N) is 1. The van der Waals surface area contributed by atoms with Crippen molar-refractivity contribution in [2.24, 2.45) is 0 Å². The van der Waals surface area contributed by atoms with Gasteiger partial charge in [0.25, 0.3) is 0 Å². The summed E-state index contributed by atoms with van der Waals surface area (Å²) in [5.41, 5.74) is 2.79. The van der Waals surface area contributed by atoms with Gasteiger partial charge in [-0.2, -0.15) is 0 Å². The number of rotatable bonds is 6. The maximum absolute atomic E-state index is 12.2. The number of aromatic nitrogens is 1. The molecule has 1 amide bonds. The van der Waals surface area contributed by atoms with Crippen LogP contribution < -0.4 is 10.2 Å². The molecule has 1 aliphatic rings. The Hall–Kier alpha value is -1.92. The lowest BCUT2D eigenvalue weighted by Gasteiger charge is -2.13. The molecule has 6 heteroatoms. The van der Waals surface area contributed by atoms with Gasteiger partial charge in [-0.15, -0.1) is 11.3 Å². The minimum atomic E-state index is -0.0226. The zero-order valence-electron chi connectivity index (χ0n) is 14.3. The van der Waals surface area contributed by atoms with E-state index in [1.165, 1.54) is 25.9 Å². The molecule has 0 saturated carbocycles. The SMILES string of the molecule is CN(C)c1ccc(NC(=O)Cc2csc(CN3CCCC3)n2)cc1. The van der Waals surface area contributed by atoms with E-state index in [2.05, 4.69) is 15.2 Å². The number of benzene rings is 1. The number of nitrogens with zero attached hydrogens (tertiary/aromatic N) is 3. The highest BCUT2D eigenvalue weighted by atomic mass is 32.1. The lowest BCUT2D eigenvalue weighted by atomic mass is 10.2. The summed E-state index contributed by atoms with van der Waals surface area (Å²) in [4.78, 5) is 21.2. The van der Waals surface area contributed by atoms with Crippen LogP contribution in [0.25, 0.3) is 0 Å². The number of amides is 1. The molecular formula is C18H24N4OS. The molecule has 0 bridgehead atoms. The molecule has 0 unspecified atom stereocenters. The fraction of sp³-hybridized carbons (Fsp3) is 0.444. The van der Waals surface area contributed by atoms with E-state index in [1.54, 1.807) is 11.3 Å². The number of thiazole rings is 1. The van der Waals surface area contributed by atoms with Gasteiger partial charge >= 0.3 is 0 Å². The summed E-state index contributed by atoms with van der Waals surface area (Å²) in [5.74, 6) is -0.0226. The third kappa shape index (κ3) is 4.55. The predicted molar refractivity (Wildman–Crippen MR) is 99.7 cm³/mol. The van der Waals surface area contributed by atoms with Crippen molar-refractivity contribution in [1.82, 2.24) is 9.88 Å². The Bertz CT molecular complexity index is 675. The van der Waals surface area contributed by atoms with Gasteiger partial charge in [-0.25, -0.2) is 4.98 Å². The lowest BCUT2D eigenvalue weighted by Crippen LogP contribution is -2.18. The Kier molecular flexibility index (Phi) is 5.48. The first-order chi connectivity index (χ1) is 11.6. The van der Waals surface area contributed by atoms with Gasteiger partial charge in [0, 0.05) is 30.9 Å². The highest BCUT2D eigenvalue weighted by molar-refractivity contribution is 7.09. The first kappa shape index (κ1) is 16.9. The molecule has 1 aromatic heterocycles. The van der Waals surface area contributed by atoms with E-state index < -0.39 is 0 Å². The minimum Gasteiger partial charge on any atom is -0.378 e. The van der Waals surface area contributed by atoms with Gasteiger partial charge in [0.15, 0.2) is 0 Å². The van der Waals surface area contributed by atoms with Crippen LogP contribution in [0, 0.1) is 0 Å². The Balaban J connectivity index is 1.52. The average molecular weight is 344 g/mol. The van der Waals surface area contributed by atoms with E-state index in [4.69, 9.17) is 0 Å². The number of hydrogen-bond acceptors (Lipinski definition) is 5. The van der Waals surface area contributed by atoms with Crippen molar-refractivity contribution in [3.05, 3.63) is 40.3 Å². The summed E-state index contributed by atoms with van der Waals surface area (Å²) < 4.78 is 0. The van der Waals surface area contributed by atoms with E-state index in [0.717, 1.165) is 28.6 Å². The molecular weight excluding hydrogens is 320 g/mol. The first-order valence-electron chi connectivity index (χ1n) is 8.33. The number of hydrogen-bond donors (Lipinski definition) is 1. The van der Waals surface area contributed by atoms with Crippen LogP contribution in [0.15, 0.2) is 29.6 Å². The molecule has 0 spiro atoms. The molecule has 1 aromatic carbocycles. The summed E-state index contributed by atoms with van der Waals surface area (Å²) in [7, 11) is 3.99. The van der Waals surface area contributed by atoms with Crippen molar-refractivity contribution in [3.8, 4) is 0 Å². The standard InChI is InChI=1S/C18H24N4OS/c1-21(2)16-7-5-14(6-8-16)19-17(23)11-15-13-24-18(20-15)12-22-9-3-4-10-22/h5-8,13H,3-4,9-12H2,1-2H3,(H,19,23). The van der Waals surface area contributed by atoms with Crippen molar-refractivity contribution in [2.45, 2.75) is 25.8 Å². The average Bonchev–Trinajstić information content (AvgIpc) is 3.20. The van der Waals surface area contributed by atoms with E-state index in [-0.39, 0.29) is 5.91 Å². The lowest BCUT2D eigenvalue weighted by molar-refractivity contribution is -0.115. The van der Waals surface area contributed by atoms with Crippen molar-refractivity contribution in [1.29, 1.82) is 0 Å². The zero-order valence-corrected chi connectivity index (χ0v) is 15.1. The van der Waals surface area contributed by atoms with Gasteiger partial charge < -0.3 is 10.2 Å². The van der Waals surface area contributed by atoms with Crippen LogP contribution in [-0.2, 0) is 17.8 Å². The summed E-state index contributed by atoms with van der Waals surface area (Å²) in [5, 5.41) is 6.04. The summed E-state index contributed by atoms with van der Waals surface area (Å²) >= 11 is 1.65. The van der Waals surface area contributed by atoms with E-state index in [1.807, 2.05) is 48.6 Å². The van der Waals surface area contributed by atoms with Gasteiger partial charge in [0.2, 0.25) is 5.91 Å². The number of carbonyl (C=O) groups is 1. The maximum atomic E-state index is 12.2. The predicted octanol–water partition coefficient (Wildman–Crippen LogP) is 2.99. The molecule has 128 valence electrons. The topological polar surface area (TPSA) is 48.5 Å². The number of likely N-dealkylation sites (tertiary alicyclic amines) is 1. The van der Waals surface area contributed by atoms with Crippen LogP contribution in [0.1, 0.15) is 23.5 Å². The molecule has 2 heterocycles. The first-order valence-corrected chi connectivity index (χ1v) is 9.21. The van der Waals surface area contributed by atoms with Gasteiger partial charge in [0.1, 0.15) is 5.01 Å². The van der Waals surface area contributed by atoms with Crippen LogP contribution >= 0.6 is 11.3 Å². The largest absolute Gasteiger partial charge is 0.378 e. The quantitative estimate of drug-likeness (QED) is 0.875. The Morgan fingerprint density at radius 2 is 1.96 bits per heavy atom. The Labute approximate surface area is 147 Å². The molecule has 3 rings (SSSR count). The normalized spacial score (nSPS) is 14.8. The van der Waals surface area contributed by atoms with Crippen molar-refractivity contribution in [2.75, 3.05) is 37.4 Å². The molecule has 1 N–H and O–H groups in total. The van der Waals surface area contributed by atoms with E-state index in [9.17, 15) is 4.79 Å². The second kappa shape index (κ2) is 7.77. The molecule has 0 aliphatic carbocycles. The van der Waals surface area contributed by atoms with Gasteiger partial charge in [0.05, 0.1) is 18.7 Å². The number of anilines is 2. The Morgan fingerprint density at radius 1 is 1.25 bits per heavy atom. The molecule has 0 radical (unpaired) electrons. The molecule has 1 fully saturated rings. The second-order valence-corrected chi connectivity index (χ2v) is 7.32. The van der Waals surface area contributed by atoms with E-state index >= 15 is 0 Å². The van der Waals surface area contributed by atoms with Crippen LogP contribution in [-0.4, -0.2) is 43.0 Å². The van der Waals surface area contributed by atoms with Crippen LogP contribution in [0.4, 0.5) is 11.4 Å². The molecule has 1 aliphatic heterocycles. The number of carbonyl (C=O) groups excluding carboxylic acids is 1. The van der Waals surface area contributed by atoms with Crippen LogP contribution in [0.5, 0.6) is 0 Å². The molecule has 2 aromatic rings. The summed E-state index contributed by atoms with van der Waals surface area (Å²) in [6.45, 7) is 3.25. The monoisotopic (exact) mass is 344 g/mol. The fourth-order valence-electron chi connectivity index (χ4n) is 2.85. The molecule has 1 saturated heterocycles.